The van der Waals surface area contributed by atoms with Gasteiger partial charge in [0.25, 0.3) is 0 Å². The second-order valence-electron chi connectivity index (χ2n) is 10.7. The lowest BCUT2D eigenvalue weighted by Crippen LogP contribution is -2.31. The second kappa shape index (κ2) is 11.2. The fraction of sp³-hybridized carbons (Fsp3) is 0.517. The van der Waals surface area contributed by atoms with Crippen molar-refractivity contribution in [2.24, 2.45) is 5.92 Å². The minimum absolute atomic E-state index is 0. The van der Waals surface area contributed by atoms with E-state index < -0.39 is 0 Å². The van der Waals surface area contributed by atoms with Gasteiger partial charge in [-0.2, -0.15) is 4.98 Å². The second-order valence-corrected chi connectivity index (χ2v) is 10.7. The van der Waals surface area contributed by atoms with E-state index in [1.54, 1.807) is 0 Å². The molecule has 0 saturated heterocycles. The first-order valence-corrected chi connectivity index (χ1v) is 12.3. The summed E-state index contributed by atoms with van der Waals surface area (Å²) in [6, 6.07) is 17.7. The van der Waals surface area contributed by atoms with Crippen LogP contribution in [-0.4, -0.2) is 36.6 Å². The molecule has 0 unspecified atom stereocenters. The SMILES string of the molecule is C.CN(C)c1nc(NC2CCC(CNCc3ccc(C(C)(C)C)cc3)CC2)nc2ccccc12. The Hall–Kier alpha value is -2.66. The highest BCUT2D eigenvalue weighted by atomic mass is 15.2. The molecular formula is C29H43N5. The predicted octanol–water partition coefficient (Wildman–Crippen LogP) is 6.39. The molecule has 0 aliphatic heterocycles. The first kappa shape index (κ1) is 26.0. The van der Waals surface area contributed by atoms with Crippen molar-refractivity contribution in [1.82, 2.24) is 15.3 Å². The Kier molecular flexibility index (Phi) is 8.53. The topological polar surface area (TPSA) is 53.1 Å². The molecule has 0 atom stereocenters. The monoisotopic (exact) mass is 461 g/mol. The molecule has 1 fully saturated rings. The number of anilines is 2. The zero-order valence-corrected chi connectivity index (χ0v) is 20.9. The minimum atomic E-state index is 0. The molecule has 1 aliphatic carbocycles. The number of hydrogen-bond donors (Lipinski definition) is 2. The molecule has 1 aromatic heterocycles. The quantitative estimate of drug-likeness (QED) is 0.427. The Morgan fingerprint density at radius 1 is 0.912 bits per heavy atom. The van der Waals surface area contributed by atoms with Crippen molar-refractivity contribution in [3.8, 4) is 0 Å². The van der Waals surface area contributed by atoms with Gasteiger partial charge in [-0.05, 0) is 66.8 Å². The lowest BCUT2D eigenvalue weighted by molar-refractivity contribution is 0.324. The standard InChI is InChI=1S/C28H39N5.CH4/c1-28(2,3)22-14-10-20(11-15-22)18-29-19-21-12-16-23(17-13-21)30-27-31-25-9-7-6-8-24(25)26(32-27)33(4)5;/h6-11,14-15,21,23,29H,12-13,16-19H2,1-5H3,(H,30,31,32);1H4. The van der Waals surface area contributed by atoms with Crippen LogP contribution in [0, 0.1) is 5.92 Å². The summed E-state index contributed by atoms with van der Waals surface area (Å²) in [7, 11) is 4.07. The van der Waals surface area contributed by atoms with E-state index in [9.17, 15) is 0 Å². The van der Waals surface area contributed by atoms with Gasteiger partial charge in [-0.25, -0.2) is 4.98 Å². The van der Waals surface area contributed by atoms with Crippen molar-refractivity contribution in [2.75, 3.05) is 30.9 Å². The molecule has 5 heteroatoms. The number of benzene rings is 2. The lowest BCUT2D eigenvalue weighted by atomic mass is 9.86. The van der Waals surface area contributed by atoms with Crippen LogP contribution in [0.3, 0.4) is 0 Å². The third kappa shape index (κ3) is 6.47. The normalized spacial score (nSPS) is 18.4. The first-order valence-electron chi connectivity index (χ1n) is 12.3. The molecule has 184 valence electrons. The van der Waals surface area contributed by atoms with Crippen molar-refractivity contribution in [2.45, 2.75) is 71.9 Å². The van der Waals surface area contributed by atoms with Crippen molar-refractivity contribution in [3.05, 3.63) is 59.7 Å². The summed E-state index contributed by atoms with van der Waals surface area (Å²) in [5.41, 5.74) is 3.96. The molecule has 2 aromatic carbocycles. The van der Waals surface area contributed by atoms with Crippen LogP contribution in [-0.2, 0) is 12.0 Å². The highest BCUT2D eigenvalue weighted by Crippen LogP contribution is 2.28. The third-order valence-electron chi connectivity index (χ3n) is 6.77. The van der Waals surface area contributed by atoms with Crippen LogP contribution in [0.2, 0.25) is 0 Å². The maximum atomic E-state index is 4.81. The zero-order chi connectivity index (χ0) is 23.4. The molecule has 2 N–H and O–H groups in total. The number of nitrogens with one attached hydrogen (secondary N) is 2. The van der Waals surface area contributed by atoms with Gasteiger partial charge in [0.15, 0.2) is 0 Å². The van der Waals surface area contributed by atoms with E-state index in [2.05, 4.69) is 72.7 Å². The summed E-state index contributed by atoms with van der Waals surface area (Å²) in [6.07, 6.45) is 4.81. The van der Waals surface area contributed by atoms with Crippen LogP contribution >= 0.6 is 0 Å². The Balaban J connectivity index is 0.00000324. The van der Waals surface area contributed by atoms with Gasteiger partial charge in [0, 0.05) is 32.1 Å². The van der Waals surface area contributed by atoms with Crippen LogP contribution in [0.15, 0.2) is 48.5 Å². The van der Waals surface area contributed by atoms with Gasteiger partial charge in [0.2, 0.25) is 5.95 Å². The van der Waals surface area contributed by atoms with Crippen molar-refractivity contribution in [1.29, 1.82) is 0 Å². The van der Waals surface area contributed by atoms with Gasteiger partial charge in [-0.15, -0.1) is 0 Å². The molecule has 0 spiro atoms. The summed E-state index contributed by atoms with van der Waals surface area (Å²) in [5, 5.41) is 8.40. The molecule has 0 amide bonds. The number of nitrogens with zero attached hydrogens (tertiary/aromatic N) is 3. The number of aromatic nitrogens is 2. The summed E-state index contributed by atoms with van der Waals surface area (Å²) in [5.74, 6) is 2.46. The average Bonchev–Trinajstić information content (AvgIpc) is 2.79. The van der Waals surface area contributed by atoms with E-state index in [1.165, 1.54) is 36.8 Å². The van der Waals surface area contributed by atoms with E-state index in [0.29, 0.717) is 6.04 Å². The summed E-state index contributed by atoms with van der Waals surface area (Å²) in [4.78, 5) is 11.6. The Morgan fingerprint density at radius 3 is 2.24 bits per heavy atom. The van der Waals surface area contributed by atoms with Crippen LogP contribution in [0.4, 0.5) is 11.8 Å². The third-order valence-corrected chi connectivity index (χ3v) is 6.77. The molecule has 0 bridgehead atoms. The molecule has 4 rings (SSSR count). The van der Waals surface area contributed by atoms with Crippen molar-refractivity contribution >= 4 is 22.7 Å². The van der Waals surface area contributed by atoms with Crippen molar-refractivity contribution < 1.29 is 0 Å². The largest absolute Gasteiger partial charge is 0.362 e. The maximum absolute atomic E-state index is 4.81. The van der Waals surface area contributed by atoms with E-state index in [1.807, 2.05) is 26.2 Å². The van der Waals surface area contributed by atoms with E-state index in [4.69, 9.17) is 9.97 Å². The molecule has 34 heavy (non-hydrogen) atoms. The van der Waals surface area contributed by atoms with Gasteiger partial charge in [-0.1, -0.05) is 64.6 Å². The van der Waals surface area contributed by atoms with Crippen LogP contribution in [0.5, 0.6) is 0 Å². The van der Waals surface area contributed by atoms with Crippen LogP contribution in [0.1, 0.15) is 65.0 Å². The fourth-order valence-corrected chi connectivity index (χ4v) is 4.70. The highest BCUT2D eigenvalue weighted by Gasteiger charge is 2.22. The first-order chi connectivity index (χ1) is 15.8. The summed E-state index contributed by atoms with van der Waals surface area (Å²) in [6.45, 7) is 8.82. The Morgan fingerprint density at radius 2 is 1.59 bits per heavy atom. The van der Waals surface area contributed by atoms with Gasteiger partial charge < -0.3 is 15.5 Å². The van der Waals surface area contributed by atoms with Gasteiger partial charge in [-0.3, -0.25) is 0 Å². The lowest BCUT2D eigenvalue weighted by Gasteiger charge is -2.29. The number of para-hydroxylation sites is 1. The number of rotatable bonds is 7. The molecule has 1 saturated carbocycles. The molecular weight excluding hydrogens is 418 g/mol. The van der Waals surface area contributed by atoms with Gasteiger partial charge >= 0.3 is 0 Å². The van der Waals surface area contributed by atoms with Gasteiger partial charge in [0.05, 0.1) is 5.52 Å². The number of hydrogen-bond acceptors (Lipinski definition) is 5. The smallest absolute Gasteiger partial charge is 0.225 e. The van der Waals surface area contributed by atoms with E-state index in [-0.39, 0.29) is 12.8 Å². The summed E-state index contributed by atoms with van der Waals surface area (Å²) < 4.78 is 0. The maximum Gasteiger partial charge on any atom is 0.225 e. The van der Waals surface area contributed by atoms with E-state index in [0.717, 1.165) is 41.7 Å². The fourth-order valence-electron chi connectivity index (χ4n) is 4.70. The Bertz CT molecular complexity index is 1040. The minimum Gasteiger partial charge on any atom is -0.362 e. The predicted molar refractivity (Wildman–Crippen MR) is 147 cm³/mol. The van der Waals surface area contributed by atoms with Crippen LogP contribution < -0.4 is 15.5 Å². The average molecular weight is 462 g/mol. The zero-order valence-electron chi connectivity index (χ0n) is 20.9. The van der Waals surface area contributed by atoms with Gasteiger partial charge in [0.1, 0.15) is 5.82 Å². The van der Waals surface area contributed by atoms with Crippen molar-refractivity contribution in [3.63, 3.8) is 0 Å². The molecule has 0 radical (unpaired) electrons. The Labute approximate surface area is 206 Å². The molecule has 5 nitrogen and oxygen atoms in total. The highest BCUT2D eigenvalue weighted by molar-refractivity contribution is 5.90. The van der Waals surface area contributed by atoms with E-state index >= 15 is 0 Å². The van der Waals surface area contributed by atoms with Crippen LogP contribution in [0.25, 0.3) is 10.9 Å². The molecule has 1 heterocycles. The number of fused-ring (bicyclic) bond motifs is 1. The molecule has 1 aliphatic rings. The summed E-state index contributed by atoms with van der Waals surface area (Å²) >= 11 is 0. The molecule has 3 aromatic rings.